The van der Waals surface area contributed by atoms with Crippen LogP contribution in [0.15, 0.2) is 30.5 Å². The van der Waals surface area contributed by atoms with E-state index in [1.165, 1.54) is 5.56 Å². The molecule has 0 saturated carbocycles. The standard InChI is InChI=1S/C15H20N4/c1-11-10-17-12(2)15(18-11)19-14-7-3-5-13(9-14)6-4-8-16/h3,5,7,9-10H,4,6,8,16H2,1-2H3,(H,18,19). The minimum Gasteiger partial charge on any atom is -0.339 e. The summed E-state index contributed by atoms with van der Waals surface area (Å²) in [5, 5.41) is 3.32. The van der Waals surface area contributed by atoms with Gasteiger partial charge in [0.05, 0.1) is 11.4 Å². The van der Waals surface area contributed by atoms with Gasteiger partial charge in [0.15, 0.2) is 5.82 Å². The molecule has 3 N–H and O–H groups in total. The summed E-state index contributed by atoms with van der Waals surface area (Å²) in [4.78, 5) is 8.77. The molecule has 0 unspecified atom stereocenters. The Morgan fingerprint density at radius 3 is 2.89 bits per heavy atom. The van der Waals surface area contributed by atoms with Crippen LogP contribution in [-0.2, 0) is 6.42 Å². The fraction of sp³-hybridized carbons (Fsp3) is 0.333. The highest BCUT2D eigenvalue weighted by Gasteiger charge is 2.03. The summed E-state index contributed by atoms with van der Waals surface area (Å²) in [5.74, 6) is 0.816. The summed E-state index contributed by atoms with van der Waals surface area (Å²) in [5.41, 5.74) is 9.68. The van der Waals surface area contributed by atoms with Crippen LogP contribution >= 0.6 is 0 Å². The van der Waals surface area contributed by atoms with Crippen molar-refractivity contribution in [1.29, 1.82) is 0 Å². The molecule has 0 aliphatic heterocycles. The second-order valence-electron chi connectivity index (χ2n) is 4.66. The molecule has 0 amide bonds. The fourth-order valence-electron chi connectivity index (χ4n) is 1.90. The lowest BCUT2D eigenvalue weighted by Crippen LogP contribution is -2.02. The molecule has 0 bridgehead atoms. The number of rotatable bonds is 5. The number of benzene rings is 1. The quantitative estimate of drug-likeness (QED) is 0.863. The number of hydrogen-bond acceptors (Lipinski definition) is 4. The second kappa shape index (κ2) is 6.29. The Bertz CT molecular complexity index is 552. The Morgan fingerprint density at radius 1 is 1.26 bits per heavy atom. The van der Waals surface area contributed by atoms with E-state index in [-0.39, 0.29) is 0 Å². The zero-order valence-electron chi connectivity index (χ0n) is 11.5. The summed E-state index contributed by atoms with van der Waals surface area (Å²) < 4.78 is 0. The van der Waals surface area contributed by atoms with Crippen LogP contribution in [-0.4, -0.2) is 16.5 Å². The first kappa shape index (κ1) is 13.5. The lowest BCUT2D eigenvalue weighted by Gasteiger charge is -2.10. The van der Waals surface area contributed by atoms with E-state index < -0.39 is 0 Å². The summed E-state index contributed by atoms with van der Waals surface area (Å²) in [6.45, 7) is 4.61. The molecule has 0 radical (unpaired) electrons. The smallest absolute Gasteiger partial charge is 0.152 e. The first-order valence-electron chi connectivity index (χ1n) is 6.55. The SMILES string of the molecule is Cc1cnc(C)c(Nc2cccc(CCCN)c2)n1. The van der Waals surface area contributed by atoms with Crippen molar-refractivity contribution in [2.45, 2.75) is 26.7 Å². The molecule has 2 aromatic rings. The average Bonchev–Trinajstić information content (AvgIpc) is 2.41. The van der Waals surface area contributed by atoms with E-state index in [9.17, 15) is 0 Å². The lowest BCUT2D eigenvalue weighted by atomic mass is 10.1. The van der Waals surface area contributed by atoms with Crippen LogP contribution in [0.2, 0.25) is 0 Å². The van der Waals surface area contributed by atoms with Gasteiger partial charge >= 0.3 is 0 Å². The van der Waals surface area contributed by atoms with Crippen LogP contribution in [0.3, 0.4) is 0 Å². The zero-order chi connectivity index (χ0) is 13.7. The summed E-state index contributed by atoms with van der Waals surface area (Å²) in [6, 6.07) is 8.34. The molecule has 1 aromatic heterocycles. The highest BCUT2D eigenvalue weighted by molar-refractivity contribution is 5.58. The van der Waals surface area contributed by atoms with Crippen LogP contribution in [0.4, 0.5) is 11.5 Å². The maximum atomic E-state index is 5.54. The molecular weight excluding hydrogens is 236 g/mol. The first-order valence-corrected chi connectivity index (χ1v) is 6.55. The van der Waals surface area contributed by atoms with Gasteiger partial charge in [0.1, 0.15) is 0 Å². The van der Waals surface area contributed by atoms with Gasteiger partial charge < -0.3 is 11.1 Å². The number of nitrogens with two attached hydrogens (primary N) is 1. The Labute approximate surface area is 114 Å². The van der Waals surface area contributed by atoms with Gasteiger partial charge in [0.25, 0.3) is 0 Å². The fourth-order valence-corrected chi connectivity index (χ4v) is 1.90. The third-order valence-corrected chi connectivity index (χ3v) is 2.94. The average molecular weight is 256 g/mol. The number of aromatic nitrogens is 2. The van der Waals surface area contributed by atoms with E-state index in [2.05, 4.69) is 27.4 Å². The van der Waals surface area contributed by atoms with Gasteiger partial charge in [-0.2, -0.15) is 0 Å². The lowest BCUT2D eigenvalue weighted by molar-refractivity contribution is 0.833. The van der Waals surface area contributed by atoms with E-state index in [1.54, 1.807) is 6.20 Å². The predicted octanol–water partition coefficient (Wildman–Crippen LogP) is 2.73. The van der Waals surface area contributed by atoms with Crippen molar-refractivity contribution in [3.05, 3.63) is 47.4 Å². The normalized spacial score (nSPS) is 10.5. The Morgan fingerprint density at radius 2 is 2.11 bits per heavy atom. The van der Waals surface area contributed by atoms with Gasteiger partial charge in [-0.15, -0.1) is 0 Å². The van der Waals surface area contributed by atoms with Crippen molar-refractivity contribution in [2.75, 3.05) is 11.9 Å². The number of nitrogens with one attached hydrogen (secondary N) is 1. The van der Waals surface area contributed by atoms with Crippen molar-refractivity contribution >= 4 is 11.5 Å². The largest absolute Gasteiger partial charge is 0.339 e. The molecule has 0 aliphatic carbocycles. The molecule has 2 rings (SSSR count). The molecule has 0 spiro atoms. The van der Waals surface area contributed by atoms with E-state index >= 15 is 0 Å². The third-order valence-electron chi connectivity index (χ3n) is 2.94. The van der Waals surface area contributed by atoms with E-state index in [0.717, 1.165) is 42.3 Å². The molecule has 4 heteroatoms. The molecule has 0 atom stereocenters. The van der Waals surface area contributed by atoms with Gasteiger partial charge in [-0.1, -0.05) is 12.1 Å². The molecular formula is C15H20N4. The van der Waals surface area contributed by atoms with Gasteiger partial charge in [-0.25, -0.2) is 4.98 Å². The number of nitrogens with zero attached hydrogens (tertiary/aromatic N) is 2. The Kier molecular flexibility index (Phi) is 4.47. The summed E-state index contributed by atoms with van der Waals surface area (Å²) in [6.07, 6.45) is 3.79. The summed E-state index contributed by atoms with van der Waals surface area (Å²) >= 11 is 0. The number of anilines is 2. The third kappa shape index (κ3) is 3.76. The van der Waals surface area contributed by atoms with Crippen LogP contribution in [0, 0.1) is 13.8 Å². The molecule has 0 aliphatic rings. The maximum absolute atomic E-state index is 5.54. The van der Waals surface area contributed by atoms with Gasteiger partial charge in [-0.05, 0) is 50.9 Å². The molecule has 100 valence electrons. The topological polar surface area (TPSA) is 63.8 Å². The molecule has 0 saturated heterocycles. The molecule has 1 aromatic carbocycles. The second-order valence-corrected chi connectivity index (χ2v) is 4.66. The first-order chi connectivity index (χ1) is 9.19. The van der Waals surface area contributed by atoms with Crippen molar-refractivity contribution in [3.8, 4) is 0 Å². The number of aryl methyl sites for hydroxylation is 3. The van der Waals surface area contributed by atoms with Crippen LogP contribution < -0.4 is 11.1 Å². The predicted molar refractivity (Wildman–Crippen MR) is 78.6 cm³/mol. The van der Waals surface area contributed by atoms with Crippen LogP contribution in [0.25, 0.3) is 0 Å². The van der Waals surface area contributed by atoms with Crippen LogP contribution in [0.1, 0.15) is 23.4 Å². The molecule has 19 heavy (non-hydrogen) atoms. The maximum Gasteiger partial charge on any atom is 0.152 e. The van der Waals surface area contributed by atoms with Crippen LogP contribution in [0.5, 0.6) is 0 Å². The number of hydrogen-bond donors (Lipinski definition) is 2. The minimum absolute atomic E-state index is 0.722. The highest BCUT2D eigenvalue weighted by atomic mass is 15.0. The van der Waals surface area contributed by atoms with E-state index in [4.69, 9.17) is 5.73 Å². The molecule has 0 fully saturated rings. The van der Waals surface area contributed by atoms with Crippen molar-refractivity contribution in [3.63, 3.8) is 0 Å². The van der Waals surface area contributed by atoms with Gasteiger partial charge in [0.2, 0.25) is 0 Å². The van der Waals surface area contributed by atoms with Crippen molar-refractivity contribution < 1.29 is 0 Å². The van der Waals surface area contributed by atoms with E-state index in [0.29, 0.717) is 0 Å². The Hall–Kier alpha value is -1.94. The van der Waals surface area contributed by atoms with Crippen molar-refractivity contribution in [1.82, 2.24) is 9.97 Å². The monoisotopic (exact) mass is 256 g/mol. The Balaban J connectivity index is 2.16. The molecule has 1 heterocycles. The van der Waals surface area contributed by atoms with Gasteiger partial charge in [-0.3, -0.25) is 4.98 Å². The zero-order valence-corrected chi connectivity index (χ0v) is 11.5. The summed E-state index contributed by atoms with van der Waals surface area (Å²) in [7, 11) is 0. The van der Waals surface area contributed by atoms with Gasteiger partial charge in [0, 0.05) is 11.9 Å². The highest BCUT2D eigenvalue weighted by Crippen LogP contribution is 2.18. The molecule has 4 nitrogen and oxygen atoms in total. The minimum atomic E-state index is 0.722. The van der Waals surface area contributed by atoms with Crippen molar-refractivity contribution in [2.24, 2.45) is 5.73 Å². The van der Waals surface area contributed by atoms with E-state index in [1.807, 2.05) is 26.0 Å².